The third-order valence-corrected chi connectivity index (χ3v) is 5.47. The molecule has 1 saturated heterocycles. The van der Waals surface area contributed by atoms with Crippen molar-refractivity contribution >= 4 is 21.4 Å². The molecule has 3 aromatic heterocycles. The lowest BCUT2D eigenvalue weighted by molar-refractivity contribution is 0.145. The summed E-state index contributed by atoms with van der Waals surface area (Å²) in [7, 11) is -4.83. The van der Waals surface area contributed by atoms with Crippen LogP contribution in [0.1, 0.15) is 25.0 Å². The van der Waals surface area contributed by atoms with E-state index in [2.05, 4.69) is 24.7 Å². The molecule has 162 valence electrons. The van der Waals surface area contributed by atoms with Crippen LogP contribution in [-0.2, 0) is 9.90 Å². The zero-order valence-corrected chi connectivity index (χ0v) is 16.5. The molecule has 1 unspecified atom stereocenters. The number of anilines is 1. The summed E-state index contributed by atoms with van der Waals surface area (Å²) < 4.78 is 51.3. The van der Waals surface area contributed by atoms with E-state index in [-0.39, 0.29) is 5.69 Å². The highest BCUT2D eigenvalue weighted by atomic mass is 32.3. The van der Waals surface area contributed by atoms with Crippen molar-refractivity contribution in [3.8, 4) is 11.5 Å². The first-order chi connectivity index (χ1) is 14.1. The lowest BCUT2D eigenvalue weighted by Crippen LogP contribution is -2.66. The molecule has 0 saturated carbocycles. The SMILES string of the molecule is NS(N)(=O)(O)NC1CCCN(c2ccnc(-c3cnc4cnc(C(F)F)cn34)n2)C1. The van der Waals surface area contributed by atoms with Crippen molar-refractivity contribution in [3.05, 3.63) is 36.5 Å². The van der Waals surface area contributed by atoms with Gasteiger partial charge in [-0.15, -0.1) is 0 Å². The van der Waals surface area contributed by atoms with Crippen molar-refractivity contribution in [3.63, 3.8) is 0 Å². The average molecular weight is 441 g/mol. The van der Waals surface area contributed by atoms with Crippen LogP contribution in [-0.4, -0.2) is 52.2 Å². The molecule has 0 spiro atoms. The molecule has 1 atom stereocenters. The van der Waals surface area contributed by atoms with Crippen molar-refractivity contribution in [2.45, 2.75) is 25.3 Å². The van der Waals surface area contributed by atoms with Gasteiger partial charge in [0.2, 0.25) is 0 Å². The number of aromatic nitrogens is 5. The molecule has 0 aliphatic carbocycles. The topological polar surface area (TPSA) is 161 Å². The van der Waals surface area contributed by atoms with E-state index < -0.39 is 22.4 Å². The Morgan fingerprint density at radius 2 is 2.07 bits per heavy atom. The van der Waals surface area contributed by atoms with Gasteiger partial charge in [-0.1, -0.05) is 0 Å². The molecule has 30 heavy (non-hydrogen) atoms. The highest BCUT2D eigenvalue weighted by Crippen LogP contribution is 2.24. The summed E-state index contributed by atoms with van der Waals surface area (Å²) in [5.74, 6) is 0.864. The molecular formula is C16H21F2N9O2S. The van der Waals surface area contributed by atoms with Crippen LogP contribution >= 0.6 is 0 Å². The van der Waals surface area contributed by atoms with Crippen LogP contribution in [0.15, 0.2) is 30.9 Å². The zero-order valence-electron chi connectivity index (χ0n) is 15.7. The molecule has 1 fully saturated rings. The van der Waals surface area contributed by atoms with Crippen LogP contribution in [0.4, 0.5) is 14.6 Å². The standard InChI is InChI=1S/C16H21F2N9O2S/c17-15(18)11-9-27-12(6-23-14(27)7-22-11)16-21-4-3-13(24-16)26-5-1-2-10(8-26)25-30(19,20,28)29/h3-4,6-7,9-10,15H,1-2,5,8H2,(H6,19,20,25,28,29). The number of nitrogens with two attached hydrogens (primary N) is 2. The van der Waals surface area contributed by atoms with Crippen LogP contribution in [0, 0.1) is 0 Å². The van der Waals surface area contributed by atoms with Crippen LogP contribution in [0.25, 0.3) is 17.2 Å². The molecular weight excluding hydrogens is 420 g/mol. The Bertz CT molecular complexity index is 1140. The van der Waals surface area contributed by atoms with Crippen molar-refractivity contribution in [2.75, 3.05) is 18.0 Å². The van der Waals surface area contributed by atoms with E-state index in [4.69, 9.17) is 10.3 Å². The fourth-order valence-electron chi connectivity index (χ4n) is 3.45. The second-order valence-electron chi connectivity index (χ2n) is 7.15. The average Bonchev–Trinajstić information content (AvgIpc) is 3.09. The first-order valence-corrected chi connectivity index (χ1v) is 11.1. The van der Waals surface area contributed by atoms with E-state index in [0.717, 1.165) is 6.42 Å². The summed E-state index contributed by atoms with van der Waals surface area (Å²) in [5.41, 5.74) is 0.444. The minimum atomic E-state index is -4.83. The molecule has 0 amide bonds. The molecule has 14 heteroatoms. The number of hydrogen-bond donors (Lipinski definition) is 4. The maximum atomic E-state index is 13.0. The molecule has 1 aliphatic heterocycles. The van der Waals surface area contributed by atoms with Gasteiger partial charge in [0.15, 0.2) is 11.5 Å². The van der Waals surface area contributed by atoms with Gasteiger partial charge in [0.25, 0.3) is 6.43 Å². The molecule has 6 N–H and O–H groups in total. The van der Waals surface area contributed by atoms with Gasteiger partial charge in [0.05, 0.1) is 12.4 Å². The predicted molar refractivity (Wildman–Crippen MR) is 106 cm³/mol. The number of rotatable bonds is 5. The zero-order chi connectivity index (χ0) is 21.5. The number of nitrogens with zero attached hydrogens (tertiary/aromatic N) is 6. The Labute approximate surface area is 170 Å². The molecule has 0 aromatic carbocycles. The van der Waals surface area contributed by atoms with E-state index in [9.17, 15) is 17.5 Å². The van der Waals surface area contributed by atoms with Crippen molar-refractivity contribution in [1.29, 1.82) is 0 Å². The normalized spacial score (nSPS) is 19.2. The minimum Gasteiger partial charge on any atom is -0.355 e. The second-order valence-corrected chi connectivity index (χ2v) is 9.43. The Hall–Kier alpha value is -2.65. The smallest absolute Gasteiger partial charge is 0.281 e. The maximum Gasteiger partial charge on any atom is 0.281 e. The molecule has 11 nitrogen and oxygen atoms in total. The molecule has 0 radical (unpaired) electrons. The molecule has 4 rings (SSSR count). The maximum absolute atomic E-state index is 13.0. The summed E-state index contributed by atoms with van der Waals surface area (Å²) >= 11 is 0. The Morgan fingerprint density at radius 1 is 1.27 bits per heavy atom. The van der Waals surface area contributed by atoms with Gasteiger partial charge < -0.3 is 4.90 Å². The van der Waals surface area contributed by atoms with Crippen molar-refractivity contribution < 1.29 is 17.5 Å². The summed E-state index contributed by atoms with van der Waals surface area (Å²) in [4.78, 5) is 18.5. The highest BCUT2D eigenvalue weighted by molar-refractivity contribution is 8.09. The predicted octanol–water partition coefficient (Wildman–Crippen LogP) is 0.638. The Kier molecular flexibility index (Phi) is 4.98. The number of hydrogen-bond acceptors (Lipinski definition) is 6. The van der Waals surface area contributed by atoms with E-state index in [1.807, 2.05) is 4.90 Å². The minimum absolute atomic E-state index is 0.295. The van der Waals surface area contributed by atoms with Crippen LogP contribution < -0.4 is 19.9 Å². The van der Waals surface area contributed by atoms with Gasteiger partial charge in [-0.3, -0.25) is 8.95 Å². The fraction of sp³-hybridized carbons (Fsp3) is 0.375. The quantitative estimate of drug-likeness (QED) is 0.452. The Balaban J connectivity index is 1.63. The highest BCUT2D eigenvalue weighted by Gasteiger charge is 2.27. The number of piperidine rings is 1. The molecule has 0 bridgehead atoms. The van der Waals surface area contributed by atoms with E-state index in [1.54, 1.807) is 12.3 Å². The van der Waals surface area contributed by atoms with E-state index in [0.29, 0.717) is 42.5 Å². The van der Waals surface area contributed by atoms with Gasteiger partial charge >= 0.3 is 0 Å². The fourth-order valence-corrected chi connectivity index (χ4v) is 4.31. The van der Waals surface area contributed by atoms with E-state index in [1.165, 1.54) is 23.0 Å². The summed E-state index contributed by atoms with van der Waals surface area (Å²) in [5, 5.41) is 10.5. The number of imidazole rings is 1. The van der Waals surface area contributed by atoms with Gasteiger partial charge in [-0.2, -0.15) is 8.93 Å². The molecule has 1 aliphatic rings. The van der Waals surface area contributed by atoms with Crippen molar-refractivity contribution in [1.82, 2.24) is 29.1 Å². The number of halogens is 2. The summed E-state index contributed by atoms with van der Waals surface area (Å²) in [6.07, 6.45) is 4.13. The monoisotopic (exact) mass is 441 g/mol. The molecule has 4 heterocycles. The van der Waals surface area contributed by atoms with Gasteiger partial charge in [-0.25, -0.2) is 39.0 Å². The summed E-state index contributed by atoms with van der Waals surface area (Å²) in [6, 6.07) is 1.28. The third kappa shape index (κ3) is 4.57. The third-order valence-electron chi connectivity index (χ3n) is 4.66. The van der Waals surface area contributed by atoms with Gasteiger partial charge in [0, 0.05) is 31.5 Å². The van der Waals surface area contributed by atoms with Crippen LogP contribution in [0.5, 0.6) is 0 Å². The van der Waals surface area contributed by atoms with Crippen LogP contribution in [0.2, 0.25) is 0 Å². The lowest BCUT2D eigenvalue weighted by Gasteiger charge is -2.41. The lowest BCUT2D eigenvalue weighted by atomic mass is 10.1. The Morgan fingerprint density at radius 3 is 2.80 bits per heavy atom. The summed E-state index contributed by atoms with van der Waals surface area (Å²) in [6.45, 7) is 1.01. The first kappa shape index (κ1) is 20.6. The molecule has 3 aromatic rings. The largest absolute Gasteiger partial charge is 0.355 e. The van der Waals surface area contributed by atoms with Gasteiger partial charge in [0.1, 0.15) is 17.2 Å². The number of fused-ring (bicyclic) bond motifs is 1. The second kappa shape index (κ2) is 7.24. The number of alkyl halides is 2. The number of nitrogens with one attached hydrogen (secondary N) is 1. The van der Waals surface area contributed by atoms with Gasteiger partial charge in [-0.05, 0) is 28.8 Å². The van der Waals surface area contributed by atoms with Crippen LogP contribution in [0.3, 0.4) is 0 Å². The first-order valence-electron chi connectivity index (χ1n) is 9.05. The van der Waals surface area contributed by atoms with Crippen molar-refractivity contribution in [2.24, 2.45) is 10.3 Å². The van der Waals surface area contributed by atoms with E-state index >= 15 is 0 Å².